The summed E-state index contributed by atoms with van der Waals surface area (Å²) in [5.41, 5.74) is 6.01. The molecule has 0 bridgehead atoms. The van der Waals surface area contributed by atoms with Gasteiger partial charge in [0.25, 0.3) is 0 Å². The topological polar surface area (TPSA) is 31.2 Å². The van der Waals surface area contributed by atoms with Crippen molar-refractivity contribution in [2.24, 2.45) is 0 Å². The summed E-state index contributed by atoms with van der Waals surface area (Å²) in [6.07, 6.45) is 1.27. The molecule has 0 saturated carbocycles. The van der Waals surface area contributed by atoms with Crippen molar-refractivity contribution >= 4 is 39.5 Å². The minimum atomic E-state index is -0.164. The standard InChI is InChI=1S/C28H31NO2S/c1-5-15-32-28-22(17-25(30)31-19(2)3)16-20(4)26-23-13-9-10-14-24(23)29(27(26)28)18-21-11-7-6-8-12-21/h6-14,16,19H,5,15,17-18H2,1-4H3. The molecule has 0 radical (unpaired) electrons. The van der Waals surface area contributed by atoms with Crippen LogP contribution in [-0.2, 0) is 22.5 Å². The first-order chi connectivity index (χ1) is 15.5. The molecule has 0 aliphatic rings. The van der Waals surface area contributed by atoms with Crippen LogP contribution in [0.15, 0.2) is 65.6 Å². The maximum atomic E-state index is 12.6. The van der Waals surface area contributed by atoms with E-state index < -0.39 is 0 Å². The van der Waals surface area contributed by atoms with E-state index in [1.54, 1.807) is 0 Å². The number of aromatic nitrogens is 1. The predicted octanol–water partition coefficient (Wildman–Crippen LogP) is 7.15. The average Bonchev–Trinajstić information content (AvgIpc) is 3.08. The Morgan fingerprint density at radius 2 is 1.78 bits per heavy atom. The van der Waals surface area contributed by atoms with Crippen LogP contribution in [0.5, 0.6) is 0 Å². The Hall–Kier alpha value is -2.72. The molecule has 166 valence electrons. The number of aryl methyl sites for hydroxylation is 1. The number of ether oxygens (including phenoxy) is 1. The summed E-state index contributed by atoms with van der Waals surface area (Å²) in [4.78, 5) is 13.8. The van der Waals surface area contributed by atoms with Crippen LogP contribution < -0.4 is 0 Å². The van der Waals surface area contributed by atoms with Crippen LogP contribution in [0.25, 0.3) is 21.8 Å². The molecule has 1 aromatic heterocycles. The van der Waals surface area contributed by atoms with Gasteiger partial charge in [0.15, 0.2) is 0 Å². The molecule has 0 spiro atoms. The van der Waals surface area contributed by atoms with Crippen LogP contribution in [0.1, 0.15) is 43.9 Å². The third-order valence-corrected chi connectivity index (χ3v) is 6.96. The van der Waals surface area contributed by atoms with E-state index in [-0.39, 0.29) is 12.1 Å². The first-order valence-electron chi connectivity index (χ1n) is 11.4. The molecule has 32 heavy (non-hydrogen) atoms. The zero-order valence-electron chi connectivity index (χ0n) is 19.4. The van der Waals surface area contributed by atoms with E-state index in [1.165, 1.54) is 37.8 Å². The molecule has 4 rings (SSSR count). The number of rotatable bonds is 8. The van der Waals surface area contributed by atoms with Gasteiger partial charge in [-0.15, -0.1) is 11.8 Å². The Kier molecular flexibility index (Phi) is 6.90. The lowest BCUT2D eigenvalue weighted by atomic mass is 10.0. The lowest BCUT2D eigenvalue weighted by molar-refractivity contribution is -0.146. The van der Waals surface area contributed by atoms with E-state index in [0.29, 0.717) is 6.42 Å². The lowest BCUT2D eigenvalue weighted by Crippen LogP contribution is -2.14. The van der Waals surface area contributed by atoms with Gasteiger partial charge in [-0.25, -0.2) is 0 Å². The molecule has 3 nitrogen and oxygen atoms in total. The molecule has 0 saturated heterocycles. The maximum Gasteiger partial charge on any atom is 0.310 e. The van der Waals surface area contributed by atoms with Crippen molar-refractivity contribution in [3.8, 4) is 0 Å². The minimum absolute atomic E-state index is 0.108. The Balaban J connectivity index is 1.97. The predicted molar refractivity (Wildman–Crippen MR) is 136 cm³/mol. The molecule has 4 heteroatoms. The molecule has 3 aromatic carbocycles. The Labute approximate surface area is 194 Å². The molecule has 0 aliphatic heterocycles. The highest BCUT2D eigenvalue weighted by atomic mass is 32.2. The van der Waals surface area contributed by atoms with E-state index in [0.717, 1.165) is 24.3 Å². The van der Waals surface area contributed by atoms with Gasteiger partial charge in [0.05, 0.1) is 18.0 Å². The smallest absolute Gasteiger partial charge is 0.310 e. The maximum absolute atomic E-state index is 12.6. The Morgan fingerprint density at radius 1 is 1.06 bits per heavy atom. The van der Waals surface area contributed by atoms with Crippen molar-refractivity contribution in [3.63, 3.8) is 0 Å². The van der Waals surface area contributed by atoms with E-state index in [2.05, 4.69) is 79.1 Å². The molecular weight excluding hydrogens is 414 g/mol. The van der Waals surface area contributed by atoms with E-state index in [9.17, 15) is 4.79 Å². The first-order valence-corrected chi connectivity index (χ1v) is 12.4. The molecule has 1 heterocycles. The summed E-state index contributed by atoms with van der Waals surface area (Å²) in [7, 11) is 0. The number of carbonyl (C=O) groups is 1. The summed E-state index contributed by atoms with van der Waals surface area (Å²) < 4.78 is 7.93. The quantitative estimate of drug-likeness (QED) is 0.213. The highest BCUT2D eigenvalue weighted by Crippen LogP contribution is 2.40. The van der Waals surface area contributed by atoms with E-state index in [4.69, 9.17) is 4.74 Å². The fourth-order valence-electron chi connectivity index (χ4n) is 4.38. The third kappa shape index (κ3) is 4.56. The van der Waals surface area contributed by atoms with Crippen LogP contribution >= 0.6 is 11.8 Å². The number of fused-ring (bicyclic) bond motifs is 3. The first kappa shape index (κ1) is 22.5. The lowest BCUT2D eigenvalue weighted by Gasteiger charge is -2.16. The molecular formula is C28H31NO2S. The highest BCUT2D eigenvalue weighted by Gasteiger charge is 2.21. The molecule has 0 atom stereocenters. The van der Waals surface area contributed by atoms with Crippen molar-refractivity contribution in [1.29, 1.82) is 0 Å². The van der Waals surface area contributed by atoms with Crippen LogP contribution in [0.4, 0.5) is 0 Å². The second-order valence-corrected chi connectivity index (χ2v) is 9.66. The van der Waals surface area contributed by atoms with Gasteiger partial charge in [0.1, 0.15) is 0 Å². The number of thioether (sulfide) groups is 1. The van der Waals surface area contributed by atoms with Gasteiger partial charge < -0.3 is 9.30 Å². The number of benzene rings is 3. The molecule has 0 N–H and O–H groups in total. The van der Waals surface area contributed by atoms with Crippen LogP contribution in [0, 0.1) is 6.92 Å². The normalized spacial score (nSPS) is 11.5. The third-order valence-electron chi connectivity index (χ3n) is 5.60. The van der Waals surface area contributed by atoms with Gasteiger partial charge in [-0.3, -0.25) is 4.79 Å². The van der Waals surface area contributed by atoms with E-state index in [1.807, 2.05) is 25.6 Å². The van der Waals surface area contributed by atoms with E-state index >= 15 is 0 Å². The largest absolute Gasteiger partial charge is 0.463 e. The summed E-state index contributed by atoms with van der Waals surface area (Å²) in [5.74, 6) is 0.847. The number of hydrogen-bond acceptors (Lipinski definition) is 3. The van der Waals surface area contributed by atoms with Gasteiger partial charge in [-0.05, 0) is 55.7 Å². The second kappa shape index (κ2) is 9.83. The van der Waals surface area contributed by atoms with Gasteiger partial charge >= 0.3 is 5.97 Å². The Morgan fingerprint density at radius 3 is 2.50 bits per heavy atom. The average molecular weight is 446 g/mol. The van der Waals surface area contributed by atoms with Crippen LogP contribution in [0.2, 0.25) is 0 Å². The highest BCUT2D eigenvalue weighted by molar-refractivity contribution is 7.99. The van der Waals surface area contributed by atoms with Gasteiger partial charge in [0.2, 0.25) is 0 Å². The van der Waals surface area contributed by atoms with Crippen molar-refractivity contribution < 1.29 is 9.53 Å². The summed E-state index contributed by atoms with van der Waals surface area (Å²) in [5, 5.41) is 2.56. The van der Waals surface area contributed by atoms with Crippen molar-refractivity contribution in [2.45, 2.75) is 58.1 Å². The fraction of sp³-hybridized carbons (Fsp3) is 0.321. The summed E-state index contributed by atoms with van der Waals surface area (Å²) in [6, 6.07) is 21.4. The van der Waals surface area contributed by atoms with Crippen molar-refractivity contribution in [2.75, 3.05) is 5.75 Å². The van der Waals surface area contributed by atoms with Gasteiger partial charge in [0, 0.05) is 27.7 Å². The van der Waals surface area contributed by atoms with Crippen molar-refractivity contribution in [1.82, 2.24) is 4.57 Å². The summed E-state index contributed by atoms with van der Waals surface area (Å²) >= 11 is 1.86. The molecule has 4 aromatic rings. The number of carbonyl (C=O) groups excluding carboxylic acids is 1. The second-order valence-electron chi connectivity index (χ2n) is 8.56. The van der Waals surface area contributed by atoms with Gasteiger partial charge in [-0.1, -0.05) is 61.5 Å². The van der Waals surface area contributed by atoms with Crippen molar-refractivity contribution in [3.05, 3.63) is 77.4 Å². The minimum Gasteiger partial charge on any atom is -0.463 e. The zero-order valence-corrected chi connectivity index (χ0v) is 20.2. The molecule has 0 fully saturated rings. The number of hydrogen-bond donors (Lipinski definition) is 0. The SMILES string of the molecule is CCCSc1c(CC(=O)OC(C)C)cc(C)c2c3ccccc3n(Cc3ccccc3)c12. The fourth-order valence-corrected chi connectivity index (χ4v) is 5.45. The number of esters is 1. The number of para-hydroxylation sites is 1. The van der Waals surface area contributed by atoms with Crippen LogP contribution in [-0.4, -0.2) is 22.4 Å². The van der Waals surface area contributed by atoms with Crippen LogP contribution in [0.3, 0.4) is 0 Å². The molecule has 0 amide bonds. The number of nitrogens with zero attached hydrogens (tertiary/aromatic N) is 1. The zero-order chi connectivity index (χ0) is 22.7. The molecule has 0 aliphatic carbocycles. The van der Waals surface area contributed by atoms with Gasteiger partial charge in [-0.2, -0.15) is 0 Å². The summed E-state index contributed by atoms with van der Waals surface area (Å²) in [6.45, 7) is 8.95. The monoisotopic (exact) mass is 445 g/mol. The molecule has 0 unspecified atom stereocenters. The Bertz CT molecular complexity index is 1240.